The number of benzene rings is 2. The molecule has 0 bridgehead atoms. The molecule has 0 radical (unpaired) electrons. The van der Waals surface area contributed by atoms with Crippen molar-refractivity contribution >= 4 is 34.4 Å². The van der Waals surface area contributed by atoms with Crippen molar-refractivity contribution in [1.29, 1.82) is 0 Å². The highest BCUT2D eigenvalue weighted by Gasteiger charge is 2.31. The molecule has 2 aliphatic rings. The van der Waals surface area contributed by atoms with Gasteiger partial charge in [-0.25, -0.2) is 14.6 Å². The van der Waals surface area contributed by atoms with Crippen molar-refractivity contribution in [2.24, 2.45) is 0 Å². The van der Waals surface area contributed by atoms with E-state index in [-0.39, 0.29) is 24.6 Å². The van der Waals surface area contributed by atoms with Gasteiger partial charge in [-0.3, -0.25) is 9.59 Å². The smallest absolute Gasteiger partial charge is 0.255 e. The van der Waals surface area contributed by atoms with Crippen LogP contribution >= 0.6 is 0 Å². The van der Waals surface area contributed by atoms with E-state index in [1.54, 1.807) is 30.3 Å². The fourth-order valence-corrected chi connectivity index (χ4v) is 5.11. The second-order valence-electron chi connectivity index (χ2n) is 9.29. The minimum atomic E-state index is -0.257. The Kier molecular flexibility index (Phi) is 6.02. The Hall–Kier alpha value is -4.67. The van der Waals surface area contributed by atoms with Gasteiger partial charge in [0.25, 0.3) is 5.91 Å². The quantitative estimate of drug-likeness (QED) is 0.413. The normalized spacial score (nSPS) is 16.6. The Bertz CT molecular complexity index is 1540. The number of fused-ring (bicyclic) bond motifs is 2. The van der Waals surface area contributed by atoms with Crippen LogP contribution in [0.4, 0.5) is 11.5 Å². The van der Waals surface area contributed by atoms with E-state index in [0.29, 0.717) is 63.8 Å². The van der Waals surface area contributed by atoms with Gasteiger partial charge in [0.05, 0.1) is 17.1 Å². The molecule has 4 heterocycles. The van der Waals surface area contributed by atoms with Crippen LogP contribution in [-0.2, 0) is 4.79 Å². The van der Waals surface area contributed by atoms with Gasteiger partial charge in [0.1, 0.15) is 17.8 Å². The molecule has 1 atom stereocenters. The summed E-state index contributed by atoms with van der Waals surface area (Å²) in [5.41, 5.74) is 9.16. The van der Waals surface area contributed by atoms with E-state index in [4.69, 9.17) is 20.3 Å². The molecular weight excluding hydrogens is 486 g/mol. The fourth-order valence-electron chi connectivity index (χ4n) is 5.11. The summed E-state index contributed by atoms with van der Waals surface area (Å²) in [5, 5.41) is 8.46. The average molecular weight is 514 g/mol. The van der Waals surface area contributed by atoms with E-state index in [2.05, 4.69) is 15.3 Å². The van der Waals surface area contributed by atoms with E-state index in [1.807, 2.05) is 28.6 Å². The lowest BCUT2D eigenvalue weighted by atomic mass is 10.1. The summed E-state index contributed by atoms with van der Waals surface area (Å²) in [7, 11) is 0. The molecule has 1 saturated heterocycles. The first-order valence-corrected chi connectivity index (χ1v) is 12.6. The van der Waals surface area contributed by atoms with Crippen LogP contribution in [0.3, 0.4) is 0 Å². The Morgan fingerprint density at radius 3 is 2.74 bits per heavy atom. The van der Waals surface area contributed by atoms with E-state index in [1.165, 1.54) is 6.33 Å². The van der Waals surface area contributed by atoms with Crippen LogP contribution in [0.15, 0.2) is 48.8 Å². The summed E-state index contributed by atoms with van der Waals surface area (Å²) in [5.74, 6) is 1.03. The average Bonchev–Trinajstić information content (AvgIpc) is 3.60. The number of anilines is 2. The van der Waals surface area contributed by atoms with Crippen LogP contribution in [0.5, 0.6) is 11.5 Å². The molecule has 6 rings (SSSR count). The van der Waals surface area contributed by atoms with Crippen LogP contribution in [0.2, 0.25) is 0 Å². The summed E-state index contributed by atoms with van der Waals surface area (Å²) in [6, 6.07) is 12.5. The molecule has 38 heavy (non-hydrogen) atoms. The van der Waals surface area contributed by atoms with Crippen LogP contribution in [0.25, 0.3) is 22.3 Å². The third kappa shape index (κ3) is 4.05. The van der Waals surface area contributed by atoms with Crippen molar-refractivity contribution in [2.45, 2.75) is 32.2 Å². The molecule has 2 amide bonds. The molecule has 11 heteroatoms. The van der Waals surface area contributed by atoms with Gasteiger partial charge in [0.15, 0.2) is 17.1 Å². The van der Waals surface area contributed by atoms with Gasteiger partial charge in [-0.05, 0) is 37.1 Å². The minimum Gasteiger partial charge on any atom is -0.453 e. The van der Waals surface area contributed by atoms with Crippen molar-refractivity contribution in [1.82, 2.24) is 24.6 Å². The Morgan fingerprint density at radius 2 is 1.92 bits per heavy atom. The molecular formula is C27H27N7O4. The topological polar surface area (TPSA) is 137 Å². The monoisotopic (exact) mass is 513 g/mol. The number of aromatic nitrogens is 4. The van der Waals surface area contributed by atoms with Gasteiger partial charge < -0.3 is 25.4 Å². The molecule has 2 aromatic carbocycles. The lowest BCUT2D eigenvalue weighted by Crippen LogP contribution is -2.40. The van der Waals surface area contributed by atoms with E-state index in [0.717, 1.165) is 19.4 Å². The summed E-state index contributed by atoms with van der Waals surface area (Å²) >= 11 is 0. The van der Waals surface area contributed by atoms with Crippen LogP contribution in [0, 0.1) is 0 Å². The maximum atomic E-state index is 12.8. The Morgan fingerprint density at radius 1 is 1.11 bits per heavy atom. The molecule has 2 aliphatic heterocycles. The van der Waals surface area contributed by atoms with Gasteiger partial charge in [-0.15, -0.1) is 0 Å². The molecule has 194 valence electrons. The summed E-state index contributed by atoms with van der Waals surface area (Å²) in [6.45, 7) is 3.16. The van der Waals surface area contributed by atoms with Gasteiger partial charge >= 0.3 is 0 Å². The highest BCUT2D eigenvalue weighted by atomic mass is 16.7. The van der Waals surface area contributed by atoms with Crippen molar-refractivity contribution in [3.05, 3.63) is 54.4 Å². The van der Waals surface area contributed by atoms with Gasteiger partial charge in [0.2, 0.25) is 12.7 Å². The highest BCUT2D eigenvalue weighted by Crippen LogP contribution is 2.48. The second kappa shape index (κ2) is 9.66. The lowest BCUT2D eigenvalue weighted by molar-refractivity contribution is -0.132. The predicted octanol–water partition coefficient (Wildman–Crippen LogP) is 3.63. The number of amides is 2. The minimum absolute atomic E-state index is 0.00188. The first-order chi connectivity index (χ1) is 18.5. The lowest BCUT2D eigenvalue weighted by Gasteiger charge is -2.32. The van der Waals surface area contributed by atoms with Crippen molar-refractivity contribution in [3.8, 4) is 22.8 Å². The summed E-state index contributed by atoms with van der Waals surface area (Å²) in [4.78, 5) is 35.8. The zero-order valence-electron chi connectivity index (χ0n) is 20.9. The first-order valence-electron chi connectivity index (χ1n) is 12.6. The first kappa shape index (κ1) is 23.7. The molecule has 0 spiro atoms. The molecule has 4 aromatic rings. The Balaban J connectivity index is 1.41. The number of hydrogen-bond donors (Lipinski definition) is 2. The van der Waals surface area contributed by atoms with Gasteiger partial charge in [-0.1, -0.05) is 25.1 Å². The summed E-state index contributed by atoms with van der Waals surface area (Å²) < 4.78 is 13.5. The third-order valence-corrected chi connectivity index (χ3v) is 6.97. The van der Waals surface area contributed by atoms with Crippen molar-refractivity contribution in [3.63, 3.8) is 0 Å². The molecule has 0 saturated carbocycles. The number of nitrogens with zero attached hydrogens (tertiary/aromatic N) is 5. The van der Waals surface area contributed by atoms with Gasteiger partial charge in [-0.2, -0.15) is 5.10 Å². The number of ether oxygens (including phenoxy) is 2. The number of piperidine rings is 1. The zero-order valence-corrected chi connectivity index (χ0v) is 20.9. The van der Waals surface area contributed by atoms with Crippen LogP contribution < -0.4 is 20.5 Å². The van der Waals surface area contributed by atoms with Gasteiger partial charge in [0, 0.05) is 30.6 Å². The maximum Gasteiger partial charge on any atom is 0.255 e. The fraction of sp³-hybridized carbons (Fsp3) is 0.296. The zero-order chi connectivity index (χ0) is 26.2. The van der Waals surface area contributed by atoms with Crippen LogP contribution in [0.1, 0.15) is 42.6 Å². The molecule has 11 nitrogen and oxygen atoms in total. The molecule has 3 N–H and O–H groups in total. The molecule has 1 fully saturated rings. The number of carbonyl (C=O) groups excluding carboxylic acids is 2. The van der Waals surface area contributed by atoms with E-state index >= 15 is 0 Å². The van der Waals surface area contributed by atoms with E-state index in [9.17, 15) is 9.59 Å². The van der Waals surface area contributed by atoms with Crippen LogP contribution in [-0.4, -0.2) is 56.3 Å². The number of nitrogens with two attached hydrogens (primary N) is 1. The maximum absolute atomic E-state index is 12.8. The summed E-state index contributed by atoms with van der Waals surface area (Å²) in [6.07, 6.45) is 3.61. The molecule has 2 aromatic heterocycles. The standard InChI is InChI=1S/C27H27N7O4/c1-2-20(35)33-12-6-9-17(13-33)34-26-21(25(28)29-14-30-26)22(32-34)18-10-11-19(24-23(18)37-15-38-24)31-27(36)16-7-4-3-5-8-16/h3-5,7-8,10-11,14,17H,2,6,9,12-13,15H2,1H3,(H,31,36)(H2,28,29,30)/t17-/m1/s1. The molecule has 0 aliphatic carbocycles. The van der Waals surface area contributed by atoms with Crippen molar-refractivity contribution < 1.29 is 19.1 Å². The number of hydrogen-bond acceptors (Lipinski definition) is 8. The number of nitrogen functional groups attached to an aromatic ring is 1. The third-order valence-electron chi connectivity index (χ3n) is 6.97. The number of rotatable bonds is 5. The van der Waals surface area contributed by atoms with E-state index < -0.39 is 0 Å². The molecule has 0 unspecified atom stereocenters. The highest BCUT2D eigenvalue weighted by molar-refractivity contribution is 6.06. The second-order valence-corrected chi connectivity index (χ2v) is 9.29. The predicted molar refractivity (Wildman–Crippen MR) is 141 cm³/mol. The number of nitrogens with one attached hydrogen (secondary N) is 1. The number of likely N-dealkylation sites (tertiary alicyclic amines) is 1. The largest absolute Gasteiger partial charge is 0.453 e. The van der Waals surface area contributed by atoms with Crippen molar-refractivity contribution in [2.75, 3.05) is 30.9 Å². The number of carbonyl (C=O) groups is 2. The Labute approximate surface area is 218 Å². The SMILES string of the molecule is CCC(=O)N1CCC[C@@H](n2nc(-c3ccc(NC(=O)c4ccccc4)c4c3OCO4)c3c(N)ncnc32)C1.